The Labute approximate surface area is 154 Å². The van der Waals surface area contributed by atoms with E-state index >= 15 is 0 Å². The normalized spacial score (nSPS) is 10.7. The maximum Gasteiger partial charge on any atom is 0.224 e. The van der Waals surface area contributed by atoms with E-state index in [0.29, 0.717) is 12.8 Å². The summed E-state index contributed by atoms with van der Waals surface area (Å²) < 4.78 is 2.14. The molecule has 1 N–H and O–H groups in total. The number of aromatic nitrogens is 3. The maximum absolute atomic E-state index is 12.3. The van der Waals surface area contributed by atoms with E-state index in [2.05, 4.69) is 39.8 Å². The fraction of sp³-hybridized carbons (Fsp3) is 0.286. The molecule has 134 valence electrons. The second kappa shape index (κ2) is 8.43. The lowest BCUT2D eigenvalue weighted by Gasteiger charge is -2.10. The highest BCUT2D eigenvalue weighted by Gasteiger charge is 2.12. The summed E-state index contributed by atoms with van der Waals surface area (Å²) >= 11 is 0. The lowest BCUT2D eigenvalue weighted by atomic mass is 10.1. The van der Waals surface area contributed by atoms with Gasteiger partial charge in [0.2, 0.25) is 5.91 Å². The van der Waals surface area contributed by atoms with E-state index in [0.717, 1.165) is 35.7 Å². The Hall–Kier alpha value is -2.95. The minimum absolute atomic E-state index is 0.00633. The first-order valence-corrected chi connectivity index (χ1v) is 9.04. The van der Waals surface area contributed by atoms with Crippen LogP contribution in [0.4, 0.5) is 5.69 Å². The fourth-order valence-electron chi connectivity index (χ4n) is 3.03. The van der Waals surface area contributed by atoms with Gasteiger partial charge in [0, 0.05) is 43.0 Å². The number of aryl methyl sites for hydroxylation is 2. The molecule has 3 aromatic rings. The lowest BCUT2D eigenvalue weighted by Crippen LogP contribution is -2.14. The highest BCUT2D eigenvalue weighted by Crippen LogP contribution is 2.20. The largest absolute Gasteiger partial charge is 0.328 e. The van der Waals surface area contributed by atoms with Crippen molar-refractivity contribution in [2.75, 3.05) is 5.32 Å². The molecule has 0 unspecified atom stereocenters. The van der Waals surface area contributed by atoms with Crippen molar-refractivity contribution in [1.82, 2.24) is 14.5 Å². The topological polar surface area (TPSA) is 59.8 Å². The van der Waals surface area contributed by atoms with Crippen molar-refractivity contribution in [1.29, 1.82) is 0 Å². The van der Waals surface area contributed by atoms with Crippen LogP contribution < -0.4 is 5.32 Å². The van der Waals surface area contributed by atoms with E-state index in [-0.39, 0.29) is 5.91 Å². The van der Waals surface area contributed by atoms with E-state index in [1.165, 1.54) is 5.56 Å². The van der Waals surface area contributed by atoms with Crippen molar-refractivity contribution < 1.29 is 4.79 Å². The first-order valence-electron chi connectivity index (χ1n) is 9.04. The molecule has 0 radical (unpaired) electrons. The van der Waals surface area contributed by atoms with Crippen LogP contribution in [0.1, 0.15) is 31.7 Å². The van der Waals surface area contributed by atoms with E-state index in [4.69, 9.17) is 0 Å². The molecule has 0 fully saturated rings. The summed E-state index contributed by atoms with van der Waals surface area (Å²) in [4.78, 5) is 21.0. The molecule has 0 bridgehead atoms. The molecular formula is C21H24N4O. The van der Waals surface area contributed by atoms with Crippen molar-refractivity contribution in [2.24, 2.45) is 0 Å². The number of imidazole rings is 1. The first-order chi connectivity index (χ1) is 12.7. The molecule has 0 spiro atoms. The fourth-order valence-corrected chi connectivity index (χ4v) is 3.03. The van der Waals surface area contributed by atoms with E-state index < -0.39 is 0 Å². The third kappa shape index (κ3) is 4.17. The zero-order chi connectivity index (χ0) is 18.4. The maximum atomic E-state index is 12.3. The minimum atomic E-state index is 0.00633. The summed E-state index contributed by atoms with van der Waals surface area (Å²) in [6.07, 6.45) is 7.41. The Balaban J connectivity index is 1.66. The van der Waals surface area contributed by atoms with Crippen LogP contribution in [-0.4, -0.2) is 20.4 Å². The molecule has 0 saturated carbocycles. The van der Waals surface area contributed by atoms with Crippen LogP contribution in [0, 0.1) is 0 Å². The number of hydrogen-bond acceptors (Lipinski definition) is 3. The van der Waals surface area contributed by atoms with Gasteiger partial charge in [-0.25, -0.2) is 4.98 Å². The Morgan fingerprint density at radius 3 is 2.77 bits per heavy atom. The summed E-state index contributed by atoms with van der Waals surface area (Å²) in [6.45, 7) is 4.99. The predicted molar refractivity (Wildman–Crippen MR) is 104 cm³/mol. The SMILES string of the molecule is CCc1cccc(NC(=O)CCc2ncc(-c3cccnc3)n2CC)c1. The number of rotatable bonds is 7. The number of nitrogens with zero attached hydrogens (tertiary/aromatic N) is 3. The molecule has 1 amide bonds. The quantitative estimate of drug-likeness (QED) is 0.699. The van der Waals surface area contributed by atoms with Crippen LogP contribution in [0.5, 0.6) is 0 Å². The molecular weight excluding hydrogens is 324 g/mol. The third-order valence-electron chi connectivity index (χ3n) is 4.41. The first kappa shape index (κ1) is 17.9. The molecule has 5 heteroatoms. The van der Waals surface area contributed by atoms with Gasteiger partial charge in [0.05, 0.1) is 11.9 Å². The van der Waals surface area contributed by atoms with E-state index in [9.17, 15) is 4.79 Å². The van der Waals surface area contributed by atoms with Gasteiger partial charge in [-0.3, -0.25) is 9.78 Å². The number of carbonyl (C=O) groups excluding carboxylic acids is 1. The van der Waals surface area contributed by atoms with Crippen molar-refractivity contribution in [2.45, 2.75) is 39.7 Å². The van der Waals surface area contributed by atoms with Gasteiger partial charge in [-0.1, -0.05) is 19.1 Å². The Morgan fingerprint density at radius 1 is 1.15 bits per heavy atom. The third-order valence-corrected chi connectivity index (χ3v) is 4.41. The molecule has 5 nitrogen and oxygen atoms in total. The number of carbonyl (C=O) groups is 1. The number of amides is 1. The average molecular weight is 348 g/mol. The standard InChI is InChI=1S/C21H24N4O/c1-3-16-7-5-9-18(13-16)24-21(26)11-10-20-23-15-19(25(20)4-2)17-8-6-12-22-14-17/h5-9,12-15H,3-4,10-11H2,1-2H3,(H,24,26). The van der Waals surface area contributed by atoms with Crippen molar-refractivity contribution >= 4 is 11.6 Å². The summed E-state index contributed by atoms with van der Waals surface area (Å²) in [5, 5.41) is 2.98. The molecule has 3 rings (SSSR count). The van der Waals surface area contributed by atoms with E-state index in [1.54, 1.807) is 6.20 Å². The van der Waals surface area contributed by atoms with Crippen LogP contribution in [-0.2, 0) is 24.2 Å². The molecule has 0 aliphatic heterocycles. The average Bonchev–Trinajstić information content (AvgIpc) is 3.10. The van der Waals surface area contributed by atoms with Gasteiger partial charge in [-0.15, -0.1) is 0 Å². The van der Waals surface area contributed by atoms with Crippen molar-refractivity contribution in [3.63, 3.8) is 0 Å². The van der Waals surface area contributed by atoms with Crippen LogP contribution in [0.15, 0.2) is 55.0 Å². The number of anilines is 1. The van der Waals surface area contributed by atoms with E-state index in [1.807, 2.05) is 42.7 Å². The van der Waals surface area contributed by atoms with Crippen LogP contribution in [0.25, 0.3) is 11.3 Å². The molecule has 2 heterocycles. The second-order valence-electron chi connectivity index (χ2n) is 6.15. The van der Waals surface area contributed by atoms with Crippen molar-refractivity contribution in [3.05, 3.63) is 66.4 Å². The highest BCUT2D eigenvalue weighted by atomic mass is 16.1. The van der Waals surface area contributed by atoms with Gasteiger partial charge in [-0.05, 0) is 43.2 Å². The molecule has 26 heavy (non-hydrogen) atoms. The smallest absolute Gasteiger partial charge is 0.224 e. The van der Waals surface area contributed by atoms with Crippen LogP contribution in [0.3, 0.4) is 0 Å². The molecule has 0 aliphatic carbocycles. The zero-order valence-electron chi connectivity index (χ0n) is 15.3. The monoisotopic (exact) mass is 348 g/mol. The van der Waals surface area contributed by atoms with Gasteiger partial charge >= 0.3 is 0 Å². The van der Waals surface area contributed by atoms with Gasteiger partial charge in [-0.2, -0.15) is 0 Å². The molecule has 1 aromatic carbocycles. The minimum Gasteiger partial charge on any atom is -0.328 e. The summed E-state index contributed by atoms with van der Waals surface area (Å²) in [6, 6.07) is 11.9. The van der Waals surface area contributed by atoms with Gasteiger partial charge < -0.3 is 9.88 Å². The summed E-state index contributed by atoms with van der Waals surface area (Å²) in [7, 11) is 0. The zero-order valence-corrected chi connectivity index (χ0v) is 15.3. The number of benzene rings is 1. The molecule has 0 atom stereocenters. The van der Waals surface area contributed by atoms with Crippen LogP contribution >= 0.6 is 0 Å². The van der Waals surface area contributed by atoms with Gasteiger partial charge in [0.25, 0.3) is 0 Å². The van der Waals surface area contributed by atoms with Gasteiger partial charge in [0.1, 0.15) is 5.82 Å². The Bertz CT molecular complexity index is 871. The Kier molecular flexibility index (Phi) is 5.79. The second-order valence-corrected chi connectivity index (χ2v) is 6.15. The summed E-state index contributed by atoms with van der Waals surface area (Å²) in [5.41, 5.74) is 4.13. The van der Waals surface area contributed by atoms with Crippen LogP contribution in [0.2, 0.25) is 0 Å². The summed E-state index contributed by atoms with van der Waals surface area (Å²) in [5.74, 6) is 0.927. The molecule has 2 aromatic heterocycles. The highest BCUT2D eigenvalue weighted by molar-refractivity contribution is 5.90. The number of pyridine rings is 1. The molecule has 0 aliphatic rings. The lowest BCUT2D eigenvalue weighted by molar-refractivity contribution is -0.116. The number of nitrogens with one attached hydrogen (secondary N) is 1. The molecule has 0 saturated heterocycles. The Morgan fingerprint density at radius 2 is 2.04 bits per heavy atom. The predicted octanol–water partition coefficient (Wildman–Crippen LogP) is 4.10. The number of hydrogen-bond donors (Lipinski definition) is 1. The van der Waals surface area contributed by atoms with Gasteiger partial charge in [0.15, 0.2) is 0 Å². The van der Waals surface area contributed by atoms with Crippen molar-refractivity contribution in [3.8, 4) is 11.3 Å².